The van der Waals surface area contributed by atoms with Gasteiger partial charge in [0.2, 0.25) is 10.6 Å². The van der Waals surface area contributed by atoms with Gasteiger partial charge in [0.05, 0.1) is 16.6 Å². The van der Waals surface area contributed by atoms with Crippen LogP contribution < -0.4 is 5.32 Å². The maximum atomic E-state index is 13.4. The van der Waals surface area contributed by atoms with Crippen LogP contribution in [0.5, 0.6) is 0 Å². The number of nitrogens with one attached hydrogen (secondary N) is 1. The molecule has 0 aliphatic heterocycles. The number of nitrogens with zero attached hydrogens (tertiary/aromatic N) is 3. The van der Waals surface area contributed by atoms with Gasteiger partial charge in [-0.25, -0.2) is 9.67 Å². The zero-order valence-electron chi connectivity index (χ0n) is 14.3. The Morgan fingerprint density at radius 2 is 1.96 bits per heavy atom. The summed E-state index contributed by atoms with van der Waals surface area (Å²) in [5, 5.41) is 7.82. The van der Waals surface area contributed by atoms with Crippen molar-refractivity contribution in [3.8, 4) is 0 Å². The predicted molar refractivity (Wildman–Crippen MR) is 111 cm³/mol. The molecule has 0 radical (unpaired) electrons. The van der Waals surface area contributed by atoms with Gasteiger partial charge in [-0.3, -0.25) is 4.79 Å². The first-order valence-electron chi connectivity index (χ1n) is 9.12. The van der Waals surface area contributed by atoms with E-state index in [1.165, 1.54) is 6.42 Å². The maximum absolute atomic E-state index is 13.4. The van der Waals surface area contributed by atoms with Crippen LogP contribution in [-0.2, 0) is 10.3 Å². The van der Waals surface area contributed by atoms with Crippen LogP contribution in [0.25, 0.3) is 0 Å². The lowest BCUT2D eigenvalue weighted by Gasteiger charge is -2.60. The van der Waals surface area contributed by atoms with Gasteiger partial charge in [0.25, 0.3) is 0 Å². The zero-order valence-corrected chi connectivity index (χ0v) is 18.0. The minimum atomic E-state index is -0.276. The van der Waals surface area contributed by atoms with Crippen LogP contribution in [0, 0.1) is 20.8 Å². The minimum absolute atomic E-state index is 0.0513. The second kappa shape index (κ2) is 6.02. The van der Waals surface area contributed by atoms with Crippen molar-refractivity contribution < 1.29 is 4.79 Å². The highest BCUT2D eigenvalue weighted by atomic mass is 127. The summed E-state index contributed by atoms with van der Waals surface area (Å²) in [4.78, 5) is 17.7. The first kappa shape index (κ1) is 17.2. The fourth-order valence-corrected chi connectivity index (χ4v) is 6.82. The van der Waals surface area contributed by atoms with Crippen LogP contribution in [-0.4, -0.2) is 20.7 Å². The molecule has 0 saturated heterocycles. The van der Waals surface area contributed by atoms with E-state index in [4.69, 9.17) is 0 Å². The Bertz CT molecular complexity index is 868. The lowest BCUT2D eigenvalue weighted by Crippen LogP contribution is -2.60. The van der Waals surface area contributed by atoms with Crippen LogP contribution in [0.15, 0.2) is 35.3 Å². The van der Waals surface area contributed by atoms with Gasteiger partial charge in [0.1, 0.15) is 6.33 Å². The van der Waals surface area contributed by atoms with Crippen molar-refractivity contribution in [2.75, 3.05) is 5.32 Å². The van der Waals surface area contributed by atoms with E-state index in [9.17, 15) is 4.79 Å². The van der Waals surface area contributed by atoms with Crippen LogP contribution in [0.2, 0.25) is 0 Å². The molecule has 0 unspecified atom stereocenters. The molecule has 1 heterocycles. The number of rotatable bonds is 3. The third-order valence-electron chi connectivity index (χ3n) is 6.58. The Hall–Kier alpha value is -0.960. The van der Waals surface area contributed by atoms with E-state index in [0.717, 1.165) is 41.4 Å². The molecule has 2 aromatic rings. The topological polar surface area (TPSA) is 59.8 Å². The molecule has 0 spiro atoms. The monoisotopic (exact) mass is 526 g/mol. The molecule has 1 amide bonds. The Labute approximate surface area is 174 Å². The molecule has 26 heavy (non-hydrogen) atoms. The first-order valence-corrected chi connectivity index (χ1v) is 11.0. The summed E-state index contributed by atoms with van der Waals surface area (Å²) in [5.41, 5.74) is 0.595. The van der Waals surface area contributed by atoms with Crippen LogP contribution in [0.3, 0.4) is 0 Å². The average molecular weight is 527 g/mol. The average Bonchev–Trinajstić information content (AvgIpc) is 3.03. The van der Waals surface area contributed by atoms with Crippen molar-refractivity contribution in [3.63, 3.8) is 0 Å². The summed E-state index contributed by atoms with van der Waals surface area (Å²) < 4.78 is 3.76. The lowest BCUT2D eigenvalue weighted by molar-refractivity contribution is -0.150. The Morgan fingerprint density at radius 1 is 1.23 bits per heavy atom. The van der Waals surface area contributed by atoms with Gasteiger partial charge in [0.15, 0.2) is 0 Å². The fourth-order valence-electron chi connectivity index (χ4n) is 6.04. The maximum Gasteiger partial charge on any atom is 0.230 e. The van der Waals surface area contributed by atoms with Gasteiger partial charge < -0.3 is 5.32 Å². The fraction of sp³-hybridized carbons (Fsp3) is 0.526. The molecule has 6 rings (SSSR count). The number of aromatic nitrogens is 3. The van der Waals surface area contributed by atoms with Crippen molar-refractivity contribution in [1.82, 2.24) is 14.8 Å². The van der Waals surface area contributed by atoms with Gasteiger partial charge in [-0.2, -0.15) is 0 Å². The Kier molecular flexibility index (Phi) is 3.97. The number of benzene rings is 1. The van der Waals surface area contributed by atoms with Crippen molar-refractivity contribution in [2.24, 2.45) is 17.3 Å². The lowest BCUT2D eigenvalue weighted by atomic mass is 9.46. The highest BCUT2D eigenvalue weighted by Crippen LogP contribution is 2.64. The van der Waals surface area contributed by atoms with E-state index in [1.54, 1.807) is 0 Å². The largest absolute Gasteiger partial charge is 0.325 e. The number of para-hydroxylation sites is 1. The van der Waals surface area contributed by atoms with Crippen LogP contribution >= 0.6 is 38.5 Å². The van der Waals surface area contributed by atoms with E-state index in [1.807, 2.05) is 35.3 Å². The van der Waals surface area contributed by atoms with Crippen molar-refractivity contribution in [2.45, 2.75) is 44.1 Å². The van der Waals surface area contributed by atoms with E-state index < -0.39 is 0 Å². The second-order valence-corrected chi connectivity index (χ2v) is 10.2. The smallest absolute Gasteiger partial charge is 0.230 e. The molecule has 4 aliphatic rings. The summed E-state index contributed by atoms with van der Waals surface area (Å²) in [6.07, 6.45) is 8.23. The third kappa shape index (κ3) is 2.65. The van der Waals surface area contributed by atoms with Gasteiger partial charge >= 0.3 is 0 Å². The zero-order chi connectivity index (χ0) is 17.9. The van der Waals surface area contributed by atoms with Gasteiger partial charge in [-0.05, 0) is 101 Å². The molecule has 4 aliphatic carbocycles. The molecule has 1 N–H and O–H groups in total. The minimum Gasteiger partial charge on any atom is -0.325 e. The van der Waals surface area contributed by atoms with Crippen LogP contribution in [0.1, 0.15) is 38.5 Å². The molecular formula is C19H20BrIN4O. The van der Waals surface area contributed by atoms with Crippen molar-refractivity contribution >= 4 is 50.1 Å². The molecule has 1 aromatic carbocycles. The van der Waals surface area contributed by atoms with E-state index in [0.29, 0.717) is 16.6 Å². The molecular weight excluding hydrogens is 507 g/mol. The number of carbonyl (C=O) groups is 1. The number of carbonyl (C=O) groups excluding carboxylic acids is 1. The highest BCUT2D eigenvalue weighted by Gasteiger charge is 2.61. The van der Waals surface area contributed by atoms with Crippen molar-refractivity contribution in [1.29, 1.82) is 0 Å². The number of halogens is 2. The molecule has 4 fully saturated rings. The predicted octanol–water partition coefficient (Wildman–Crippen LogP) is 4.58. The second-order valence-electron chi connectivity index (χ2n) is 8.36. The SMILES string of the molecule is O=C(Nc1ccccc1I)C12C[C@@H]3C[C@@H](C1)CC(n1cnc(Br)n1)(C3)C2. The van der Waals surface area contributed by atoms with E-state index in [2.05, 4.69) is 53.9 Å². The molecule has 4 saturated carbocycles. The Morgan fingerprint density at radius 3 is 2.62 bits per heavy atom. The molecule has 1 aromatic heterocycles. The molecule has 136 valence electrons. The van der Waals surface area contributed by atoms with Crippen LogP contribution in [0.4, 0.5) is 5.69 Å². The van der Waals surface area contributed by atoms with E-state index >= 15 is 0 Å². The first-order chi connectivity index (χ1) is 12.5. The Balaban J connectivity index is 1.49. The number of hydrogen-bond acceptors (Lipinski definition) is 3. The summed E-state index contributed by atoms with van der Waals surface area (Å²) >= 11 is 5.67. The number of amides is 1. The highest BCUT2D eigenvalue weighted by molar-refractivity contribution is 14.1. The molecule has 5 nitrogen and oxygen atoms in total. The van der Waals surface area contributed by atoms with E-state index in [-0.39, 0.29) is 16.9 Å². The summed E-state index contributed by atoms with van der Waals surface area (Å²) in [6.45, 7) is 0. The standard InChI is InChI=1S/C19H20BrIN4O/c20-17-22-11-25(24-17)19-8-12-5-13(9-19)7-18(6-12,10-19)16(26)23-15-4-2-1-3-14(15)21/h1-4,11-13H,5-10H2,(H,23,26)/t12-,13-,18?,19?/m0/s1. The number of hydrogen-bond donors (Lipinski definition) is 1. The van der Waals surface area contributed by atoms with Crippen molar-refractivity contribution in [3.05, 3.63) is 38.9 Å². The summed E-state index contributed by atoms with van der Waals surface area (Å²) in [7, 11) is 0. The van der Waals surface area contributed by atoms with Gasteiger partial charge in [-0.1, -0.05) is 12.1 Å². The molecule has 4 bridgehead atoms. The third-order valence-corrected chi connectivity index (χ3v) is 7.89. The molecule has 7 heteroatoms. The van der Waals surface area contributed by atoms with Gasteiger partial charge in [-0.15, -0.1) is 5.10 Å². The van der Waals surface area contributed by atoms with Gasteiger partial charge in [0, 0.05) is 3.57 Å². The quantitative estimate of drug-likeness (QED) is 0.595. The summed E-state index contributed by atoms with van der Waals surface area (Å²) in [5.74, 6) is 1.42. The normalized spacial score (nSPS) is 34.8. The summed E-state index contributed by atoms with van der Waals surface area (Å²) in [6, 6.07) is 8.00. The number of anilines is 1. The molecule has 2 atom stereocenters.